The lowest BCUT2D eigenvalue weighted by Gasteiger charge is -2.23. The Morgan fingerprint density at radius 3 is 2.74 bits per heavy atom. The summed E-state index contributed by atoms with van der Waals surface area (Å²) in [4.78, 5) is 0.336. The fourth-order valence-electron chi connectivity index (χ4n) is 2.96. The summed E-state index contributed by atoms with van der Waals surface area (Å²) in [5, 5.41) is 0.776. The standard InChI is InChI=1S/C16H22BrClO/c1-19-16-10-8-13(18)11-14(16)15(17)9-7-12-5-3-2-4-6-12/h8,10-12,15H,2-7,9H2,1H3. The van der Waals surface area contributed by atoms with Gasteiger partial charge in [0.15, 0.2) is 0 Å². The molecule has 0 radical (unpaired) electrons. The van der Waals surface area contributed by atoms with Gasteiger partial charge in [-0.3, -0.25) is 0 Å². The van der Waals surface area contributed by atoms with Gasteiger partial charge in [-0.1, -0.05) is 59.6 Å². The van der Waals surface area contributed by atoms with Crippen molar-refractivity contribution in [3.05, 3.63) is 28.8 Å². The summed E-state index contributed by atoms with van der Waals surface area (Å²) >= 11 is 9.89. The van der Waals surface area contributed by atoms with Crippen LogP contribution in [0.15, 0.2) is 18.2 Å². The molecule has 1 unspecified atom stereocenters. The van der Waals surface area contributed by atoms with Crippen LogP contribution in [-0.4, -0.2) is 7.11 Å². The van der Waals surface area contributed by atoms with Crippen LogP contribution in [0.3, 0.4) is 0 Å². The van der Waals surface area contributed by atoms with Gasteiger partial charge < -0.3 is 4.74 Å². The Morgan fingerprint density at radius 1 is 1.32 bits per heavy atom. The van der Waals surface area contributed by atoms with Crippen molar-refractivity contribution in [2.24, 2.45) is 5.92 Å². The Labute approximate surface area is 129 Å². The van der Waals surface area contributed by atoms with Gasteiger partial charge in [-0.15, -0.1) is 0 Å². The molecule has 0 aliphatic heterocycles. The van der Waals surface area contributed by atoms with Crippen LogP contribution in [0.2, 0.25) is 5.02 Å². The van der Waals surface area contributed by atoms with Crippen molar-refractivity contribution >= 4 is 27.5 Å². The first-order valence-corrected chi connectivity index (χ1v) is 8.47. The maximum Gasteiger partial charge on any atom is 0.123 e. The molecule has 1 nitrogen and oxygen atoms in total. The molecule has 1 atom stereocenters. The van der Waals surface area contributed by atoms with E-state index in [1.54, 1.807) is 7.11 Å². The molecular formula is C16H22BrClO. The van der Waals surface area contributed by atoms with Gasteiger partial charge in [0.2, 0.25) is 0 Å². The third-order valence-electron chi connectivity index (χ3n) is 4.08. The number of benzene rings is 1. The first-order valence-electron chi connectivity index (χ1n) is 7.18. The Hall–Kier alpha value is -0.210. The Morgan fingerprint density at radius 2 is 2.05 bits per heavy atom. The van der Waals surface area contributed by atoms with Gasteiger partial charge in [0.05, 0.1) is 7.11 Å². The van der Waals surface area contributed by atoms with Crippen LogP contribution in [0.5, 0.6) is 5.75 Å². The van der Waals surface area contributed by atoms with Gasteiger partial charge in [-0.2, -0.15) is 0 Å². The predicted octanol–water partition coefficient (Wildman–Crippen LogP) is 6.15. The molecule has 2 rings (SSSR count). The molecule has 0 N–H and O–H groups in total. The van der Waals surface area contributed by atoms with Crippen molar-refractivity contribution < 1.29 is 4.74 Å². The second-order valence-corrected chi connectivity index (χ2v) is 6.98. The largest absolute Gasteiger partial charge is 0.496 e. The molecule has 0 spiro atoms. The van der Waals surface area contributed by atoms with E-state index in [2.05, 4.69) is 15.9 Å². The van der Waals surface area contributed by atoms with Crippen molar-refractivity contribution in [2.75, 3.05) is 7.11 Å². The van der Waals surface area contributed by atoms with Crippen molar-refractivity contribution in [3.63, 3.8) is 0 Å². The molecule has 0 saturated heterocycles. The zero-order valence-electron chi connectivity index (χ0n) is 11.5. The molecule has 1 aliphatic rings. The SMILES string of the molecule is COc1ccc(Cl)cc1C(Br)CCC1CCCCC1. The number of ether oxygens (including phenoxy) is 1. The van der Waals surface area contributed by atoms with Crippen LogP contribution in [0, 0.1) is 5.92 Å². The smallest absolute Gasteiger partial charge is 0.123 e. The van der Waals surface area contributed by atoms with E-state index in [1.165, 1.54) is 44.1 Å². The van der Waals surface area contributed by atoms with Crippen LogP contribution >= 0.6 is 27.5 Å². The number of rotatable bonds is 5. The summed E-state index contributed by atoms with van der Waals surface area (Å²) in [7, 11) is 1.72. The monoisotopic (exact) mass is 344 g/mol. The molecule has 3 heteroatoms. The minimum atomic E-state index is 0.336. The van der Waals surface area contributed by atoms with Gasteiger partial charge in [0.1, 0.15) is 5.75 Å². The first-order chi connectivity index (χ1) is 9.20. The summed E-state index contributed by atoms with van der Waals surface area (Å²) in [6.45, 7) is 0. The van der Waals surface area contributed by atoms with E-state index < -0.39 is 0 Å². The zero-order chi connectivity index (χ0) is 13.7. The molecule has 0 bridgehead atoms. The molecule has 0 amide bonds. The highest BCUT2D eigenvalue weighted by molar-refractivity contribution is 9.09. The van der Waals surface area contributed by atoms with Crippen LogP contribution in [0.4, 0.5) is 0 Å². The normalized spacial score (nSPS) is 18.3. The molecule has 1 saturated carbocycles. The van der Waals surface area contributed by atoms with Gasteiger partial charge >= 0.3 is 0 Å². The lowest BCUT2D eigenvalue weighted by Crippen LogP contribution is -2.07. The first kappa shape index (κ1) is 15.2. The van der Waals surface area contributed by atoms with Crippen molar-refractivity contribution in [3.8, 4) is 5.75 Å². The molecular weight excluding hydrogens is 324 g/mol. The molecule has 1 aliphatic carbocycles. The Kier molecular flexibility index (Phi) is 6.03. The highest BCUT2D eigenvalue weighted by Gasteiger charge is 2.18. The number of alkyl halides is 1. The molecule has 106 valence electrons. The highest BCUT2D eigenvalue weighted by Crippen LogP contribution is 2.38. The summed E-state index contributed by atoms with van der Waals surface area (Å²) in [5.74, 6) is 1.84. The van der Waals surface area contributed by atoms with E-state index in [4.69, 9.17) is 16.3 Å². The van der Waals surface area contributed by atoms with Crippen LogP contribution in [0.1, 0.15) is 55.3 Å². The second kappa shape index (κ2) is 7.54. The second-order valence-electron chi connectivity index (χ2n) is 5.44. The lowest BCUT2D eigenvalue weighted by atomic mass is 9.85. The molecule has 1 aromatic rings. The van der Waals surface area contributed by atoms with E-state index in [0.717, 1.165) is 23.1 Å². The Balaban J connectivity index is 1.94. The van der Waals surface area contributed by atoms with E-state index >= 15 is 0 Å². The van der Waals surface area contributed by atoms with Crippen LogP contribution in [0.25, 0.3) is 0 Å². The number of hydrogen-bond donors (Lipinski definition) is 0. The summed E-state index contributed by atoms with van der Waals surface area (Å²) < 4.78 is 5.42. The van der Waals surface area contributed by atoms with E-state index in [-0.39, 0.29) is 0 Å². The quantitative estimate of drug-likeness (QED) is 0.582. The molecule has 1 aromatic carbocycles. The fraction of sp³-hybridized carbons (Fsp3) is 0.625. The van der Waals surface area contributed by atoms with Gasteiger partial charge in [-0.05, 0) is 37.0 Å². The molecule has 1 fully saturated rings. The average molecular weight is 346 g/mol. The van der Waals surface area contributed by atoms with E-state index in [9.17, 15) is 0 Å². The summed E-state index contributed by atoms with van der Waals surface area (Å²) in [6.07, 6.45) is 9.53. The molecule has 0 aromatic heterocycles. The molecule has 0 heterocycles. The molecule has 19 heavy (non-hydrogen) atoms. The summed E-state index contributed by atoms with van der Waals surface area (Å²) in [6, 6.07) is 5.85. The lowest BCUT2D eigenvalue weighted by molar-refractivity contribution is 0.331. The van der Waals surface area contributed by atoms with Crippen molar-refractivity contribution in [1.29, 1.82) is 0 Å². The Bertz CT molecular complexity index is 402. The maximum atomic E-state index is 6.09. The maximum absolute atomic E-state index is 6.09. The summed E-state index contributed by atoms with van der Waals surface area (Å²) in [5.41, 5.74) is 1.17. The van der Waals surface area contributed by atoms with Crippen LogP contribution in [-0.2, 0) is 0 Å². The van der Waals surface area contributed by atoms with E-state index in [0.29, 0.717) is 4.83 Å². The number of halogens is 2. The number of hydrogen-bond acceptors (Lipinski definition) is 1. The van der Waals surface area contributed by atoms with Gasteiger partial charge in [0, 0.05) is 15.4 Å². The zero-order valence-corrected chi connectivity index (χ0v) is 13.8. The fourth-order valence-corrected chi connectivity index (χ4v) is 3.77. The minimum Gasteiger partial charge on any atom is -0.496 e. The third-order valence-corrected chi connectivity index (χ3v) is 5.27. The van der Waals surface area contributed by atoms with Crippen molar-refractivity contribution in [2.45, 2.75) is 49.8 Å². The average Bonchev–Trinajstić information content (AvgIpc) is 2.46. The topological polar surface area (TPSA) is 9.23 Å². The number of methoxy groups -OCH3 is 1. The van der Waals surface area contributed by atoms with Crippen LogP contribution < -0.4 is 4.74 Å². The third kappa shape index (κ3) is 4.39. The highest BCUT2D eigenvalue weighted by atomic mass is 79.9. The van der Waals surface area contributed by atoms with E-state index in [1.807, 2.05) is 18.2 Å². The van der Waals surface area contributed by atoms with Crippen molar-refractivity contribution in [1.82, 2.24) is 0 Å². The predicted molar refractivity (Wildman–Crippen MR) is 85.5 cm³/mol. The van der Waals surface area contributed by atoms with Gasteiger partial charge in [-0.25, -0.2) is 0 Å². The van der Waals surface area contributed by atoms with Gasteiger partial charge in [0.25, 0.3) is 0 Å². The minimum absolute atomic E-state index is 0.336.